The lowest BCUT2D eigenvalue weighted by Gasteiger charge is -2.14. The summed E-state index contributed by atoms with van der Waals surface area (Å²) in [5.41, 5.74) is 1.13. The second-order valence-electron chi connectivity index (χ2n) is 3.51. The van der Waals surface area contributed by atoms with E-state index in [1.54, 1.807) is 12.5 Å². The van der Waals surface area contributed by atoms with E-state index in [4.69, 9.17) is 8.83 Å². The summed E-state index contributed by atoms with van der Waals surface area (Å²) in [5.74, 6) is 1.86. The molecule has 1 N–H and O–H groups in total. The van der Waals surface area contributed by atoms with E-state index >= 15 is 0 Å². The fourth-order valence-electron chi connectivity index (χ4n) is 1.83. The van der Waals surface area contributed by atoms with Crippen LogP contribution >= 0.6 is 15.9 Å². The Kier molecular flexibility index (Phi) is 3.51. The van der Waals surface area contributed by atoms with Gasteiger partial charge in [0.05, 0.1) is 23.0 Å². The maximum atomic E-state index is 5.49. The van der Waals surface area contributed by atoms with Crippen LogP contribution < -0.4 is 5.32 Å². The SMILES string of the molecule is CCc1occc1C(NC)c1occc1Br. The molecule has 1 unspecified atom stereocenters. The molecular weight excluding hydrogens is 270 g/mol. The Labute approximate surface area is 103 Å². The van der Waals surface area contributed by atoms with Gasteiger partial charge in [-0.25, -0.2) is 0 Å². The van der Waals surface area contributed by atoms with Crippen molar-refractivity contribution in [1.82, 2.24) is 5.32 Å². The normalized spacial score (nSPS) is 12.9. The highest BCUT2D eigenvalue weighted by Crippen LogP contribution is 2.31. The van der Waals surface area contributed by atoms with Crippen molar-refractivity contribution in [3.63, 3.8) is 0 Å². The molecule has 3 nitrogen and oxygen atoms in total. The first-order valence-electron chi connectivity index (χ1n) is 5.24. The van der Waals surface area contributed by atoms with Crippen molar-refractivity contribution >= 4 is 15.9 Å². The lowest BCUT2D eigenvalue weighted by atomic mass is 10.0. The molecule has 0 fully saturated rings. The van der Waals surface area contributed by atoms with Gasteiger partial charge in [-0.05, 0) is 35.1 Å². The summed E-state index contributed by atoms with van der Waals surface area (Å²) in [6.45, 7) is 2.08. The maximum absolute atomic E-state index is 5.49. The summed E-state index contributed by atoms with van der Waals surface area (Å²) < 4.78 is 11.9. The molecule has 0 spiro atoms. The smallest absolute Gasteiger partial charge is 0.139 e. The standard InChI is InChI=1S/C12H14BrNO2/c1-3-10-8(4-6-15-10)11(14-2)12-9(13)5-7-16-12/h4-7,11,14H,3H2,1-2H3. The molecule has 1 atom stereocenters. The van der Waals surface area contributed by atoms with Gasteiger partial charge < -0.3 is 14.2 Å². The fourth-order valence-corrected chi connectivity index (χ4v) is 2.26. The largest absolute Gasteiger partial charge is 0.469 e. The van der Waals surface area contributed by atoms with Crippen molar-refractivity contribution in [2.24, 2.45) is 0 Å². The highest BCUT2D eigenvalue weighted by Gasteiger charge is 2.22. The minimum Gasteiger partial charge on any atom is -0.469 e. The molecule has 86 valence electrons. The van der Waals surface area contributed by atoms with Gasteiger partial charge in [0.25, 0.3) is 0 Å². The summed E-state index contributed by atoms with van der Waals surface area (Å²) in [6, 6.07) is 3.90. The maximum Gasteiger partial charge on any atom is 0.139 e. The van der Waals surface area contributed by atoms with Crippen LogP contribution in [0.4, 0.5) is 0 Å². The lowest BCUT2D eigenvalue weighted by Crippen LogP contribution is -2.18. The molecule has 0 aliphatic carbocycles. The van der Waals surface area contributed by atoms with E-state index in [1.807, 2.05) is 19.2 Å². The first kappa shape index (κ1) is 11.5. The van der Waals surface area contributed by atoms with Crippen molar-refractivity contribution < 1.29 is 8.83 Å². The zero-order valence-electron chi connectivity index (χ0n) is 9.29. The van der Waals surface area contributed by atoms with Crippen LogP contribution in [0.1, 0.15) is 30.0 Å². The van der Waals surface area contributed by atoms with Crippen molar-refractivity contribution in [2.75, 3.05) is 7.05 Å². The van der Waals surface area contributed by atoms with E-state index in [0.717, 1.165) is 28.0 Å². The number of nitrogens with one attached hydrogen (secondary N) is 1. The molecule has 0 bridgehead atoms. The summed E-state index contributed by atoms with van der Waals surface area (Å²) in [4.78, 5) is 0. The molecule has 0 saturated carbocycles. The minimum atomic E-state index is 0.0260. The molecule has 2 aromatic heterocycles. The third-order valence-electron chi connectivity index (χ3n) is 2.61. The molecule has 0 aromatic carbocycles. The molecule has 0 saturated heterocycles. The van der Waals surface area contributed by atoms with E-state index in [0.29, 0.717) is 0 Å². The molecule has 2 aromatic rings. The van der Waals surface area contributed by atoms with Gasteiger partial charge in [0.1, 0.15) is 11.5 Å². The predicted molar refractivity (Wildman–Crippen MR) is 65.4 cm³/mol. The Bertz CT molecular complexity index is 461. The minimum absolute atomic E-state index is 0.0260. The molecule has 2 heterocycles. The van der Waals surface area contributed by atoms with Crippen LogP contribution in [-0.2, 0) is 6.42 Å². The first-order valence-corrected chi connectivity index (χ1v) is 6.03. The van der Waals surface area contributed by atoms with Crippen LogP contribution in [-0.4, -0.2) is 7.05 Å². The quantitative estimate of drug-likeness (QED) is 0.933. The molecule has 0 aliphatic rings. The van der Waals surface area contributed by atoms with Crippen LogP contribution in [0.5, 0.6) is 0 Å². The number of aryl methyl sites for hydroxylation is 1. The summed E-state index contributed by atoms with van der Waals surface area (Å²) in [7, 11) is 1.91. The van der Waals surface area contributed by atoms with Gasteiger partial charge in [-0.15, -0.1) is 0 Å². The van der Waals surface area contributed by atoms with Crippen LogP contribution in [0.3, 0.4) is 0 Å². The first-order chi connectivity index (χ1) is 7.77. The highest BCUT2D eigenvalue weighted by molar-refractivity contribution is 9.10. The second kappa shape index (κ2) is 4.89. The Balaban J connectivity index is 2.40. The second-order valence-corrected chi connectivity index (χ2v) is 4.36. The molecule has 16 heavy (non-hydrogen) atoms. The molecular formula is C12H14BrNO2. The Morgan fingerprint density at radius 2 is 2.06 bits per heavy atom. The zero-order chi connectivity index (χ0) is 11.5. The third-order valence-corrected chi connectivity index (χ3v) is 3.26. The molecule has 0 aliphatic heterocycles. The van der Waals surface area contributed by atoms with Crippen molar-refractivity contribution in [3.05, 3.63) is 46.2 Å². The average molecular weight is 284 g/mol. The number of halogens is 1. The Hall–Kier alpha value is -1.00. The summed E-state index contributed by atoms with van der Waals surface area (Å²) in [6.07, 6.45) is 4.27. The van der Waals surface area contributed by atoms with E-state index in [-0.39, 0.29) is 6.04 Å². The number of hydrogen-bond acceptors (Lipinski definition) is 3. The third kappa shape index (κ3) is 1.95. The van der Waals surface area contributed by atoms with Crippen LogP contribution in [0.25, 0.3) is 0 Å². The van der Waals surface area contributed by atoms with Crippen molar-refractivity contribution in [1.29, 1.82) is 0 Å². The van der Waals surface area contributed by atoms with Gasteiger partial charge in [-0.3, -0.25) is 0 Å². The van der Waals surface area contributed by atoms with Gasteiger partial charge in [0.2, 0.25) is 0 Å². The zero-order valence-corrected chi connectivity index (χ0v) is 10.9. The highest BCUT2D eigenvalue weighted by atomic mass is 79.9. The van der Waals surface area contributed by atoms with Gasteiger partial charge in [-0.1, -0.05) is 6.92 Å². The number of furan rings is 2. The topological polar surface area (TPSA) is 38.3 Å². The summed E-state index contributed by atoms with van der Waals surface area (Å²) >= 11 is 3.48. The molecule has 4 heteroatoms. The number of rotatable bonds is 4. The monoisotopic (exact) mass is 283 g/mol. The summed E-state index contributed by atoms with van der Waals surface area (Å²) in [5, 5.41) is 3.24. The van der Waals surface area contributed by atoms with E-state index in [1.165, 1.54) is 0 Å². The molecule has 0 radical (unpaired) electrons. The molecule has 0 amide bonds. The average Bonchev–Trinajstić information content (AvgIpc) is 2.90. The van der Waals surface area contributed by atoms with Crippen LogP contribution in [0.2, 0.25) is 0 Å². The van der Waals surface area contributed by atoms with Crippen LogP contribution in [0, 0.1) is 0 Å². The Morgan fingerprint density at radius 3 is 2.62 bits per heavy atom. The van der Waals surface area contributed by atoms with Gasteiger partial charge in [-0.2, -0.15) is 0 Å². The van der Waals surface area contributed by atoms with Gasteiger partial charge >= 0.3 is 0 Å². The van der Waals surface area contributed by atoms with Crippen LogP contribution in [0.15, 0.2) is 38.0 Å². The molecule has 2 rings (SSSR count). The van der Waals surface area contributed by atoms with E-state index < -0.39 is 0 Å². The van der Waals surface area contributed by atoms with Crippen molar-refractivity contribution in [3.8, 4) is 0 Å². The predicted octanol–water partition coefficient (Wildman–Crippen LogP) is 3.51. The lowest BCUT2D eigenvalue weighted by molar-refractivity contribution is 0.450. The van der Waals surface area contributed by atoms with E-state index in [2.05, 4.69) is 28.2 Å². The number of hydrogen-bond donors (Lipinski definition) is 1. The fraction of sp³-hybridized carbons (Fsp3) is 0.333. The van der Waals surface area contributed by atoms with Crippen molar-refractivity contribution in [2.45, 2.75) is 19.4 Å². The Morgan fingerprint density at radius 1 is 1.31 bits per heavy atom. The van der Waals surface area contributed by atoms with Gasteiger partial charge in [0, 0.05) is 12.0 Å². The van der Waals surface area contributed by atoms with Gasteiger partial charge in [0.15, 0.2) is 0 Å². The van der Waals surface area contributed by atoms with E-state index in [9.17, 15) is 0 Å².